The van der Waals surface area contributed by atoms with E-state index >= 15 is 0 Å². The van der Waals surface area contributed by atoms with E-state index in [4.69, 9.17) is 12.6 Å². The van der Waals surface area contributed by atoms with E-state index in [9.17, 15) is 14.4 Å². The van der Waals surface area contributed by atoms with Crippen molar-refractivity contribution < 1.29 is 14.4 Å². The number of hydrogen-bond donors (Lipinski definition) is 2. The normalized spacial score (nSPS) is 16.8. The van der Waals surface area contributed by atoms with E-state index in [1.54, 1.807) is 24.3 Å². The summed E-state index contributed by atoms with van der Waals surface area (Å²) in [5, 5.41) is 4.13. The molecule has 0 unspecified atom stereocenters. The minimum Gasteiger partial charge on any atom is -0.778 e. The van der Waals surface area contributed by atoms with Crippen LogP contribution >= 0.6 is 11.8 Å². The van der Waals surface area contributed by atoms with Gasteiger partial charge in [0.1, 0.15) is 0 Å². The quantitative estimate of drug-likeness (QED) is 0.632. The molecule has 7 heteroatoms. The molecule has 0 bridgehead atoms. The molecule has 3 amide bonds. The first kappa shape index (κ1) is 12.6. The maximum atomic E-state index is 11.6. The standard InChI is InChI=1S/C11H8N2O3S2/c14-9(5-8-10(15)13-11(16)18-8)12-6-3-1-2-4-7(6)17/h1-5,17H,(H,12,14)(H,13,15,16)/p-1/b8-5-. The highest BCUT2D eigenvalue weighted by Gasteiger charge is 2.25. The third-order valence-corrected chi connectivity index (χ3v) is 3.22. The number of nitrogens with one attached hydrogen (secondary N) is 2. The number of carbonyl (C=O) groups is 3. The number of amides is 3. The van der Waals surface area contributed by atoms with E-state index in [0.29, 0.717) is 22.3 Å². The molecule has 0 spiro atoms. The van der Waals surface area contributed by atoms with Gasteiger partial charge in [-0.05, 0) is 17.8 Å². The predicted molar refractivity (Wildman–Crippen MR) is 69.9 cm³/mol. The summed E-state index contributed by atoms with van der Waals surface area (Å²) in [6.45, 7) is 0. The second kappa shape index (κ2) is 5.19. The molecule has 1 saturated heterocycles. The van der Waals surface area contributed by atoms with E-state index in [-0.39, 0.29) is 4.91 Å². The SMILES string of the molecule is O=C(/C=C1\SC(=O)NC1=O)Nc1ccccc1[S-]. The highest BCUT2D eigenvalue weighted by molar-refractivity contribution is 8.18. The first-order valence-electron chi connectivity index (χ1n) is 4.88. The number of hydrogen-bond acceptors (Lipinski definition) is 5. The molecule has 0 atom stereocenters. The summed E-state index contributed by atoms with van der Waals surface area (Å²) in [5.74, 6) is -1.06. The zero-order chi connectivity index (χ0) is 13.1. The lowest BCUT2D eigenvalue weighted by Gasteiger charge is -2.12. The Bertz CT molecular complexity index is 569. The Hall–Kier alpha value is -1.86. The zero-order valence-electron chi connectivity index (χ0n) is 8.93. The third-order valence-electron chi connectivity index (χ3n) is 2.05. The minimum absolute atomic E-state index is 0.0688. The van der Waals surface area contributed by atoms with Crippen molar-refractivity contribution >= 4 is 47.1 Å². The van der Waals surface area contributed by atoms with Crippen LogP contribution in [0.5, 0.6) is 0 Å². The Morgan fingerprint density at radius 3 is 2.67 bits per heavy atom. The fourth-order valence-corrected chi connectivity index (χ4v) is 2.13. The average molecular weight is 279 g/mol. The number of para-hydroxylation sites is 1. The predicted octanol–water partition coefficient (Wildman–Crippen LogP) is 1.40. The van der Waals surface area contributed by atoms with Crippen molar-refractivity contribution in [2.24, 2.45) is 0 Å². The number of imide groups is 1. The smallest absolute Gasteiger partial charge is 0.290 e. The lowest BCUT2D eigenvalue weighted by Crippen LogP contribution is -2.19. The van der Waals surface area contributed by atoms with Crippen LogP contribution in [0.4, 0.5) is 10.5 Å². The van der Waals surface area contributed by atoms with Crippen LogP contribution < -0.4 is 10.6 Å². The van der Waals surface area contributed by atoms with Crippen LogP contribution in [0.1, 0.15) is 0 Å². The van der Waals surface area contributed by atoms with Crippen molar-refractivity contribution in [2.45, 2.75) is 4.90 Å². The van der Waals surface area contributed by atoms with Gasteiger partial charge in [-0.3, -0.25) is 19.7 Å². The number of carbonyl (C=O) groups excluding carboxylic acids is 3. The molecule has 1 aromatic rings. The van der Waals surface area contributed by atoms with Gasteiger partial charge in [0, 0.05) is 11.8 Å². The fourth-order valence-electron chi connectivity index (χ4n) is 1.28. The van der Waals surface area contributed by atoms with E-state index in [1.165, 1.54) is 0 Å². The van der Waals surface area contributed by atoms with Crippen molar-refractivity contribution in [2.75, 3.05) is 5.32 Å². The molecule has 0 aromatic heterocycles. The summed E-state index contributed by atoms with van der Waals surface area (Å²) in [6.07, 6.45) is 1.08. The van der Waals surface area contributed by atoms with Gasteiger partial charge in [0.05, 0.1) is 4.91 Å². The summed E-state index contributed by atoms with van der Waals surface area (Å²) in [7, 11) is 0. The molecule has 1 aliphatic heterocycles. The molecular formula is C11H7N2O3S2-. The summed E-state index contributed by atoms with van der Waals surface area (Å²) >= 11 is 5.71. The molecule has 0 radical (unpaired) electrons. The molecule has 18 heavy (non-hydrogen) atoms. The van der Waals surface area contributed by atoms with Gasteiger partial charge in [0.25, 0.3) is 11.1 Å². The highest BCUT2D eigenvalue weighted by atomic mass is 32.2. The zero-order valence-corrected chi connectivity index (χ0v) is 10.6. The van der Waals surface area contributed by atoms with E-state index in [2.05, 4.69) is 10.6 Å². The molecule has 1 fully saturated rings. The molecule has 0 aliphatic carbocycles. The lowest BCUT2D eigenvalue weighted by molar-refractivity contribution is -0.116. The summed E-state index contributed by atoms with van der Waals surface area (Å²) in [6, 6.07) is 6.83. The maximum Gasteiger partial charge on any atom is 0.290 e. The van der Waals surface area contributed by atoms with Crippen LogP contribution in [0.3, 0.4) is 0 Å². The van der Waals surface area contributed by atoms with Crippen molar-refractivity contribution in [1.82, 2.24) is 5.32 Å². The van der Waals surface area contributed by atoms with E-state index in [1.807, 2.05) is 0 Å². The van der Waals surface area contributed by atoms with Gasteiger partial charge in [0.2, 0.25) is 5.91 Å². The number of anilines is 1. The molecule has 0 saturated carbocycles. The number of thioether (sulfide) groups is 1. The monoisotopic (exact) mass is 279 g/mol. The first-order chi connectivity index (χ1) is 8.56. The Labute approximate surface area is 112 Å². The van der Waals surface area contributed by atoms with Crippen LogP contribution in [0.15, 0.2) is 40.1 Å². The van der Waals surface area contributed by atoms with E-state index in [0.717, 1.165) is 6.08 Å². The third kappa shape index (κ3) is 2.88. The molecule has 1 aromatic carbocycles. The molecular weight excluding hydrogens is 272 g/mol. The Balaban J connectivity index is 2.10. The molecule has 1 heterocycles. The number of rotatable bonds is 2. The van der Waals surface area contributed by atoms with Crippen LogP contribution in [-0.4, -0.2) is 17.1 Å². The van der Waals surface area contributed by atoms with Gasteiger partial charge in [-0.15, -0.1) is 0 Å². The molecule has 92 valence electrons. The fraction of sp³-hybridized carbons (Fsp3) is 0. The van der Waals surface area contributed by atoms with Crippen molar-refractivity contribution in [3.8, 4) is 0 Å². The van der Waals surface area contributed by atoms with Crippen molar-refractivity contribution in [1.29, 1.82) is 0 Å². The second-order valence-corrected chi connectivity index (χ2v) is 4.79. The highest BCUT2D eigenvalue weighted by Crippen LogP contribution is 2.23. The van der Waals surface area contributed by atoms with Gasteiger partial charge >= 0.3 is 0 Å². The molecule has 2 rings (SSSR count). The molecule has 2 N–H and O–H groups in total. The summed E-state index contributed by atoms with van der Waals surface area (Å²) < 4.78 is 0. The number of benzene rings is 1. The Morgan fingerprint density at radius 1 is 1.33 bits per heavy atom. The van der Waals surface area contributed by atoms with Crippen LogP contribution in [0.2, 0.25) is 0 Å². The van der Waals surface area contributed by atoms with Crippen molar-refractivity contribution in [3.63, 3.8) is 0 Å². The second-order valence-electron chi connectivity index (χ2n) is 3.34. The average Bonchev–Trinajstić information content (AvgIpc) is 2.61. The van der Waals surface area contributed by atoms with Gasteiger partial charge in [-0.1, -0.05) is 18.2 Å². The van der Waals surface area contributed by atoms with Crippen molar-refractivity contribution in [3.05, 3.63) is 35.2 Å². The molecule has 5 nitrogen and oxygen atoms in total. The van der Waals surface area contributed by atoms with Gasteiger partial charge in [-0.2, -0.15) is 4.90 Å². The van der Waals surface area contributed by atoms with Gasteiger partial charge in [0.15, 0.2) is 0 Å². The minimum atomic E-state index is -0.563. The Morgan fingerprint density at radius 2 is 2.06 bits per heavy atom. The van der Waals surface area contributed by atoms with Crippen LogP contribution in [-0.2, 0) is 22.2 Å². The summed E-state index contributed by atoms with van der Waals surface area (Å²) in [5.41, 5.74) is 0.490. The van der Waals surface area contributed by atoms with E-state index < -0.39 is 17.1 Å². The molecule has 1 aliphatic rings. The summed E-state index contributed by atoms with van der Waals surface area (Å²) in [4.78, 5) is 34.3. The largest absolute Gasteiger partial charge is 0.778 e. The van der Waals surface area contributed by atoms with Gasteiger partial charge in [-0.25, -0.2) is 0 Å². The van der Waals surface area contributed by atoms with Gasteiger partial charge < -0.3 is 17.9 Å². The van der Waals surface area contributed by atoms with Crippen LogP contribution in [0.25, 0.3) is 0 Å². The Kier molecular flexibility index (Phi) is 3.63. The topological polar surface area (TPSA) is 75.3 Å². The first-order valence-corrected chi connectivity index (χ1v) is 6.10. The lowest BCUT2D eigenvalue weighted by atomic mass is 10.3. The maximum absolute atomic E-state index is 11.6. The van der Waals surface area contributed by atoms with Crippen LogP contribution in [0, 0.1) is 0 Å².